The van der Waals surface area contributed by atoms with Gasteiger partial charge in [0.25, 0.3) is 0 Å². The van der Waals surface area contributed by atoms with Crippen molar-refractivity contribution in [3.8, 4) is 0 Å². The van der Waals surface area contributed by atoms with Gasteiger partial charge in [0.2, 0.25) is 0 Å². The van der Waals surface area contributed by atoms with Crippen molar-refractivity contribution in [3.05, 3.63) is 59.7 Å². The fraction of sp³-hybridized carbons (Fsp3) is 0.167. The second kappa shape index (κ2) is 4.01. The molecule has 0 fully saturated rings. The molecule has 0 aliphatic rings. The fourth-order valence-corrected chi connectivity index (χ4v) is 1.48. The largest absolute Gasteiger partial charge is 0.245 e. The Morgan fingerprint density at radius 3 is 2.57 bits per heavy atom. The monoisotopic (exact) mass is 184 g/mol. The lowest BCUT2D eigenvalue weighted by atomic mass is 10.1. The summed E-state index contributed by atoms with van der Waals surface area (Å²) in [6, 6.07) is 8.49. The van der Waals surface area contributed by atoms with Crippen molar-refractivity contribution < 1.29 is 0 Å². The lowest BCUT2D eigenvalue weighted by Gasteiger charge is -2.01. The highest BCUT2D eigenvalue weighted by molar-refractivity contribution is 5.26. The van der Waals surface area contributed by atoms with E-state index in [1.807, 2.05) is 12.4 Å². The number of aromatic nitrogens is 2. The fourth-order valence-electron chi connectivity index (χ4n) is 1.48. The van der Waals surface area contributed by atoms with Gasteiger partial charge in [-0.3, -0.25) is 0 Å². The van der Waals surface area contributed by atoms with E-state index in [1.54, 1.807) is 6.33 Å². The smallest absolute Gasteiger partial charge is 0.115 e. The van der Waals surface area contributed by atoms with E-state index in [1.165, 1.54) is 11.1 Å². The van der Waals surface area contributed by atoms with Crippen LogP contribution in [0.15, 0.2) is 43.0 Å². The van der Waals surface area contributed by atoms with Crippen molar-refractivity contribution in [1.82, 2.24) is 9.97 Å². The van der Waals surface area contributed by atoms with Crippen LogP contribution in [0.25, 0.3) is 0 Å². The van der Waals surface area contributed by atoms with Gasteiger partial charge in [0.05, 0.1) is 0 Å². The zero-order chi connectivity index (χ0) is 9.80. The van der Waals surface area contributed by atoms with Crippen molar-refractivity contribution in [2.45, 2.75) is 13.3 Å². The molecule has 0 amide bonds. The van der Waals surface area contributed by atoms with Gasteiger partial charge in [-0.15, -0.1) is 0 Å². The molecule has 0 radical (unpaired) electrons. The first kappa shape index (κ1) is 8.88. The topological polar surface area (TPSA) is 25.8 Å². The van der Waals surface area contributed by atoms with Crippen LogP contribution in [-0.2, 0) is 6.42 Å². The van der Waals surface area contributed by atoms with Crippen molar-refractivity contribution >= 4 is 0 Å². The summed E-state index contributed by atoms with van der Waals surface area (Å²) in [6.45, 7) is 2.10. The van der Waals surface area contributed by atoms with E-state index in [0.717, 1.165) is 12.0 Å². The molecule has 0 saturated heterocycles. The van der Waals surface area contributed by atoms with Crippen LogP contribution < -0.4 is 0 Å². The van der Waals surface area contributed by atoms with E-state index < -0.39 is 0 Å². The molecule has 0 saturated carbocycles. The van der Waals surface area contributed by atoms with Gasteiger partial charge in [0, 0.05) is 18.8 Å². The quantitative estimate of drug-likeness (QED) is 0.716. The SMILES string of the molecule is Cc1cccc(Cc2cncnc2)c1. The molecule has 2 rings (SSSR count). The molecule has 0 aliphatic carbocycles. The van der Waals surface area contributed by atoms with Crippen LogP contribution in [0.2, 0.25) is 0 Å². The molecular formula is C12H12N2. The van der Waals surface area contributed by atoms with Crippen molar-refractivity contribution in [3.63, 3.8) is 0 Å². The minimum Gasteiger partial charge on any atom is -0.245 e. The maximum Gasteiger partial charge on any atom is 0.115 e. The van der Waals surface area contributed by atoms with E-state index in [9.17, 15) is 0 Å². The number of nitrogens with zero attached hydrogens (tertiary/aromatic N) is 2. The second-order valence-electron chi connectivity index (χ2n) is 3.41. The standard InChI is InChI=1S/C12H12N2/c1-10-3-2-4-11(5-10)6-12-7-13-9-14-8-12/h2-5,7-9H,6H2,1H3. The van der Waals surface area contributed by atoms with Gasteiger partial charge in [0.1, 0.15) is 6.33 Å². The van der Waals surface area contributed by atoms with E-state index in [2.05, 4.69) is 41.2 Å². The van der Waals surface area contributed by atoms with Gasteiger partial charge in [-0.25, -0.2) is 9.97 Å². The van der Waals surface area contributed by atoms with Crippen LogP contribution in [0.1, 0.15) is 16.7 Å². The Morgan fingerprint density at radius 1 is 1.07 bits per heavy atom. The van der Waals surface area contributed by atoms with Crippen LogP contribution in [0.3, 0.4) is 0 Å². The Morgan fingerprint density at radius 2 is 1.86 bits per heavy atom. The average molecular weight is 184 g/mol. The third-order valence-corrected chi connectivity index (χ3v) is 2.10. The molecule has 2 aromatic rings. The summed E-state index contributed by atoms with van der Waals surface area (Å²) in [6.07, 6.45) is 6.17. The molecule has 0 aliphatic heterocycles. The van der Waals surface area contributed by atoms with Crippen LogP contribution in [0.4, 0.5) is 0 Å². The first-order valence-electron chi connectivity index (χ1n) is 4.64. The summed E-state index contributed by atoms with van der Waals surface area (Å²) in [4.78, 5) is 7.98. The number of benzene rings is 1. The molecule has 70 valence electrons. The lowest BCUT2D eigenvalue weighted by Crippen LogP contribution is -1.90. The highest BCUT2D eigenvalue weighted by Crippen LogP contribution is 2.09. The molecule has 14 heavy (non-hydrogen) atoms. The molecule has 0 N–H and O–H groups in total. The highest BCUT2D eigenvalue weighted by Gasteiger charge is 1.96. The average Bonchev–Trinajstić information content (AvgIpc) is 2.19. The third-order valence-electron chi connectivity index (χ3n) is 2.10. The highest BCUT2D eigenvalue weighted by atomic mass is 14.8. The first-order valence-corrected chi connectivity index (χ1v) is 4.64. The summed E-state index contributed by atoms with van der Waals surface area (Å²) < 4.78 is 0. The Labute approximate surface area is 83.7 Å². The molecule has 0 bridgehead atoms. The van der Waals surface area contributed by atoms with E-state index >= 15 is 0 Å². The Bertz CT molecular complexity index is 410. The van der Waals surface area contributed by atoms with Gasteiger partial charge in [-0.1, -0.05) is 29.8 Å². The molecule has 1 aromatic heterocycles. The maximum atomic E-state index is 3.99. The zero-order valence-electron chi connectivity index (χ0n) is 8.14. The number of hydrogen-bond acceptors (Lipinski definition) is 2. The van der Waals surface area contributed by atoms with Crippen molar-refractivity contribution in [1.29, 1.82) is 0 Å². The number of aryl methyl sites for hydroxylation is 1. The third kappa shape index (κ3) is 2.16. The number of hydrogen-bond donors (Lipinski definition) is 0. The summed E-state index contributed by atoms with van der Waals surface area (Å²) >= 11 is 0. The van der Waals surface area contributed by atoms with Gasteiger partial charge in [-0.05, 0) is 18.1 Å². The Kier molecular flexibility index (Phi) is 2.54. The minimum atomic E-state index is 0.905. The van der Waals surface area contributed by atoms with Crippen LogP contribution in [-0.4, -0.2) is 9.97 Å². The minimum absolute atomic E-state index is 0.905. The van der Waals surface area contributed by atoms with Crippen LogP contribution in [0, 0.1) is 6.92 Å². The van der Waals surface area contributed by atoms with E-state index in [4.69, 9.17) is 0 Å². The van der Waals surface area contributed by atoms with Gasteiger partial charge in [0.15, 0.2) is 0 Å². The molecular weight excluding hydrogens is 172 g/mol. The molecule has 0 atom stereocenters. The lowest BCUT2D eigenvalue weighted by molar-refractivity contribution is 1.07. The van der Waals surface area contributed by atoms with Crippen molar-refractivity contribution in [2.75, 3.05) is 0 Å². The van der Waals surface area contributed by atoms with Crippen molar-refractivity contribution in [2.24, 2.45) is 0 Å². The zero-order valence-corrected chi connectivity index (χ0v) is 8.14. The summed E-state index contributed by atoms with van der Waals surface area (Å²) in [7, 11) is 0. The predicted octanol–water partition coefficient (Wildman–Crippen LogP) is 2.38. The number of rotatable bonds is 2. The molecule has 0 spiro atoms. The second-order valence-corrected chi connectivity index (χ2v) is 3.41. The summed E-state index contributed by atoms with van der Waals surface area (Å²) in [5.41, 5.74) is 3.75. The maximum absolute atomic E-state index is 3.99. The van der Waals surface area contributed by atoms with E-state index in [0.29, 0.717) is 0 Å². The summed E-state index contributed by atoms with van der Waals surface area (Å²) in [5, 5.41) is 0. The Balaban J connectivity index is 2.19. The van der Waals surface area contributed by atoms with Gasteiger partial charge in [-0.2, -0.15) is 0 Å². The van der Waals surface area contributed by atoms with Crippen LogP contribution >= 0.6 is 0 Å². The predicted molar refractivity (Wildman–Crippen MR) is 56.0 cm³/mol. The molecule has 1 aromatic carbocycles. The van der Waals surface area contributed by atoms with Gasteiger partial charge < -0.3 is 0 Å². The molecule has 0 unspecified atom stereocenters. The normalized spacial score (nSPS) is 10.1. The molecule has 1 heterocycles. The Hall–Kier alpha value is -1.70. The molecule has 2 nitrogen and oxygen atoms in total. The molecule has 2 heteroatoms. The summed E-state index contributed by atoms with van der Waals surface area (Å²) in [5.74, 6) is 0. The van der Waals surface area contributed by atoms with E-state index in [-0.39, 0.29) is 0 Å². The first-order chi connectivity index (χ1) is 6.84. The van der Waals surface area contributed by atoms with Gasteiger partial charge >= 0.3 is 0 Å². The van der Waals surface area contributed by atoms with Crippen LogP contribution in [0.5, 0.6) is 0 Å².